The molecule has 0 spiro atoms. The topological polar surface area (TPSA) is 47.5 Å². The van der Waals surface area contributed by atoms with Gasteiger partial charge >= 0.3 is 0 Å². The quantitative estimate of drug-likeness (QED) is 0.737. The van der Waals surface area contributed by atoms with Crippen molar-refractivity contribution in [1.29, 1.82) is 0 Å². The SMILES string of the molecule is C.C.Cc1cc([C@H]2CCCN([C@@H](C)c3ccc4c(n3)OCCO4)C2)cc(C)n1. The molecule has 5 nitrogen and oxygen atoms in total. The Morgan fingerprint density at radius 1 is 1.04 bits per heavy atom. The third-order valence-electron chi connectivity index (χ3n) is 5.43. The summed E-state index contributed by atoms with van der Waals surface area (Å²) in [7, 11) is 0. The first-order valence-electron chi connectivity index (χ1n) is 9.56. The maximum Gasteiger partial charge on any atom is 0.257 e. The van der Waals surface area contributed by atoms with Crippen molar-refractivity contribution in [3.05, 3.63) is 46.9 Å². The summed E-state index contributed by atoms with van der Waals surface area (Å²) in [6, 6.07) is 8.81. The number of likely N-dealkylation sites (tertiary alicyclic amines) is 1. The molecule has 0 bridgehead atoms. The van der Waals surface area contributed by atoms with Gasteiger partial charge in [-0.15, -0.1) is 0 Å². The number of ether oxygens (including phenoxy) is 2. The van der Waals surface area contributed by atoms with Crippen LogP contribution >= 0.6 is 0 Å². The number of fused-ring (bicyclic) bond motifs is 1. The predicted molar refractivity (Wildman–Crippen MR) is 114 cm³/mol. The molecule has 5 heteroatoms. The molecule has 0 radical (unpaired) electrons. The van der Waals surface area contributed by atoms with Gasteiger partial charge in [0.25, 0.3) is 5.88 Å². The molecule has 0 N–H and O–H groups in total. The number of hydrogen-bond donors (Lipinski definition) is 0. The third kappa shape index (κ3) is 4.64. The van der Waals surface area contributed by atoms with E-state index in [1.165, 1.54) is 18.4 Å². The zero-order chi connectivity index (χ0) is 18.1. The molecule has 4 heterocycles. The van der Waals surface area contributed by atoms with Crippen LogP contribution in [0.5, 0.6) is 11.6 Å². The first-order chi connectivity index (χ1) is 12.6. The molecule has 2 atom stereocenters. The molecule has 1 fully saturated rings. The smallest absolute Gasteiger partial charge is 0.257 e. The molecule has 0 aliphatic carbocycles. The Hall–Kier alpha value is -2.14. The van der Waals surface area contributed by atoms with Gasteiger partial charge in [-0.25, -0.2) is 4.98 Å². The summed E-state index contributed by atoms with van der Waals surface area (Å²) < 4.78 is 11.3. The van der Waals surface area contributed by atoms with Gasteiger partial charge in [0.2, 0.25) is 0 Å². The maximum atomic E-state index is 5.66. The number of aromatic nitrogens is 2. The van der Waals surface area contributed by atoms with E-state index in [2.05, 4.69) is 48.9 Å². The zero-order valence-corrected chi connectivity index (χ0v) is 15.9. The molecular formula is C23H35N3O2. The minimum atomic E-state index is 0. The summed E-state index contributed by atoms with van der Waals surface area (Å²) >= 11 is 0. The molecule has 154 valence electrons. The summed E-state index contributed by atoms with van der Waals surface area (Å²) in [6.45, 7) is 9.74. The van der Waals surface area contributed by atoms with Gasteiger partial charge in [0, 0.05) is 24.0 Å². The summed E-state index contributed by atoms with van der Waals surface area (Å²) in [4.78, 5) is 11.8. The number of hydrogen-bond acceptors (Lipinski definition) is 5. The molecule has 0 aromatic carbocycles. The molecule has 2 aliphatic heterocycles. The monoisotopic (exact) mass is 385 g/mol. The lowest BCUT2D eigenvalue weighted by Gasteiger charge is -2.37. The van der Waals surface area contributed by atoms with Gasteiger partial charge < -0.3 is 9.47 Å². The molecule has 0 saturated carbocycles. The van der Waals surface area contributed by atoms with Crippen molar-refractivity contribution in [2.45, 2.75) is 60.4 Å². The Morgan fingerprint density at radius 2 is 1.75 bits per heavy atom. The van der Waals surface area contributed by atoms with Crippen LogP contribution in [0.1, 0.15) is 69.2 Å². The molecule has 0 amide bonds. The van der Waals surface area contributed by atoms with Crippen molar-refractivity contribution < 1.29 is 9.47 Å². The molecule has 28 heavy (non-hydrogen) atoms. The van der Waals surface area contributed by atoms with E-state index in [0.717, 1.165) is 35.9 Å². The average molecular weight is 386 g/mol. The predicted octanol–water partition coefficient (Wildman–Crippen LogP) is 5.08. The van der Waals surface area contributed by atoms with Crippen molar-refractivity contribution in [2.75, 3.05) is 26.3 Å². The average Bonchev–Trinajstić information content (AvgIpc) is 2.66. The summed E-state index contributed by atoms with van der Waals surface area (Å²) in [5.41, 5.74) is 4.69. The van der Waals surface area contributed by atoms with Gasteiger partial charge in [0.05, 0.1) is 5.69 Å². The van der Waals surface area contributed by atoms with E-state index in [1.54, 1.807) is 0 Å². The van der Waals surface area contributed by atoms with Gasteiger partial charge in [-0.2, -0.15) is 0 Å². The van der Waals surface area contributed by atoms with Crippen LogP contribution in [0.2, 0.25) is 0 Å². The van der Waals surface area contributed by atoms with Gasteiger partial charge in [0.15, 0.2) is 5.75 Å². The highest BCUT2D eigenvalue weighted by molar-refractivity contribution is 5.36. The number of piperidine rings is 1. The minimum absolute atomic E-state index is 0. The lowest BCUT2D eigenvalue weighted by atomic mass is 9.89. The van der Waals surface area contributed by atoms with Crippen molar-refractivity contribution in [3.63, 3.8) is 0 Å². The normalized spacial score (nSPS) is 19.9. The number of pyridine rings is 2. The number of nitrogens with zero attached hydrogens (tertiary/aromatic N) is 3. The lowest BCUT2D eigenvalue weighted by Crippen LogP contribution is -2.36. The van der Waals surface area contributed by atoms with Crippen LogP contribution in [-0.2, 0) is 0 Å². The standard InChI is InChI=1S/C21H27N3O2.2CH4/c1-14-11-18(12-15(2)22-14)17-5-4-8-24(13-17)16(3)19-6-7-20-21(23-19)26-10-9-25-20;;/h6-7,11-12,16-17H,4-5,8-10,13H2,1-3H3;2*1H4/t16-,17-;;/m0../s1. The highest BCUT2D eigenvalue weighted by Gasteiger charge is 2.27. The van der Waals surface area contributed by atoms with Gasteiger partial charge in [-0.3, -0.25) is 9.88 Å². The Labute approximate surface area is 170 Å². The fourth-order valence-electron chi connectivity index (χ4n) is 4.10. The van der Waals surface area contributed by atoms with Crippen LogP contribution in [0, 0.1) is 13.8 Å². The van der Waals surface area contributed by atoms with Gasteiger partial charge in [-0.05, 0) is 75.9 Å². The zero-order valence-electron chi connectivity index (χ0n) is 15.9. The largest absolute Gasteiger partial charge is 0.484 e. The van der Waals surface area contributed by atoms with Gasteiger partial charge in [-0.1, -0.05) is 14.9 Å². The maximum absolute atomic E-state index is 5.66. The third-order valence-corrected chi connectivity index (χ3v) is 5.43. The van der Waals surface area contributed by atoms with Crippen LogP contribution in [0.4, 0.5) is 0 Å². The molecular weight excluding hydrogens is 350 g/mol. The van der Waals surface area contributed by atoms with Crippen LogP contribution in [0.15, 0.2) is 24.3 Å². The summed E-state index contributed by atoms with van der Waals surface area (Å²) in [5.74, 6) is 1.95. The van der Waals surface area contributed by atoms with E-state index >= 15 is 0 Å². The highest BCUT2D eigenvalue weighted by atomic mass is 16.6. The van der Waals surface area contributed by atoms with Crippen molar-refractivity contribution >= 4 is 0 Å². The first-order valence-corrected chi connectivity index (χ1v) is 9.56. The van der Waals surface area contributed by atoms with Crippen LogP contribution in [0.3, 0.4) is 0 Å². The van der Waals surface area contributed by atoms with E-state index < -0.39 is 0 Å². The van der Waals surface area contributed by atoms with Crippen LogP contribution in [0.25, 0.3) is 0 Å². The molecule has 1 saturated heterocycles. The summed E-state index contributed by atoms with van der Waals surface area (Å²) in [6.07, 6.45) is 2.45. The highest BCUT2D eigenvalue weighted by Crippen LogP contribution is 2.34. The molecule has 0 unspecified atom stereocenters. The summed E-state index contributed by atoms with van der Waals surface area (Å²) in [5, 5.41) is 0. The second-order valence-electron chi connectivity index (χ2n) is 7.43. The van der Waals surface area contributed by atoms with E-state index in [0.29, 0.717) is 25.0 Å². The molecule has 2 aromatic rings. The van der Waals surface area contributed by atoms with Crippen LogP contribution in [-0.4, -0.2) is 41.2 Å². The molecule has 2 aliphatic rings. The second-order valence-corrected chi connectivity index (χ2v) is 7.43. The Kier molecular flexibility index (Phi) is 7.41. The van der Waals surface area contributed by atoms with Gasteiger partial charge in [0.1, 0.15) is 13.2 Å². The van der Waals surface area contributed by atoms with E-state index in [9.17, 15) is 0 Å². The fourth-order valence-corrected chi connectivity index (χ4v) is 4.10. The molecule has 4 rings (SSSR count). The van der Waals surface area contributed by atoms with Crippen LogP contribution < -0.4 is 9.47 Å². The fraction of sp³-hybridized carbons (Fsp3) is 0.565. The van der Waals surface area contributed by atoms with E-state index in [1.807, 2.05) is 6.07 Å². The first kappa shape index (κ1) is 22.2. The van der Waals surface area contributed by atoms with E-state index in [4.69, 9.17) is 14.5 Å². The number of rotatable bonds is 3. The number of aryl methyl sites for hydroxylation is 2. The van der Waals surface area contributed by atoms with Crippen molar-refractivity contribution in [1.82, 2.24) is 14.9 Å². The lowest BCUT2D eigenvalue weighted by molar-refractivity contribution is 0.147. The van der Waals surface area contributed by atoms with Crippen molar-refractivity contribution in [2.24, 2.45) is 0 Å². The van der Waals surface area contributed by atoms with E-state index in [-0.39, 0.29) is 20.9 Å². The minimum Gasteiger partial charge on any atom is -0.484 e. The Morgan fingerprint density at radius 3 is 2.50 bits per heavy atom. The Bertz CT molecular complexity index is 773. The second kappa shape index (κ2) is 9.37. The van der Waals surface area contributed by atoms with Crippen molar-refractivity contribution in [3.8, 4) is 11.6 Å². The molecule has 2 aromatic heterocycles. The Balaban J connectivity index is 0.00000140.